The van der Waals surface area contributed by atoms with E-state index in [-0.39, 0.29) is 15.4 Å². The molecule has 0 aliphatic heterocycles. The molecular formula is C9H14BrN3O2. The summed E-state index contributed by atoms with van der Waals surface area (Å²) >= 11 is 3.48. The molecule has 6 heteroatoms. The molecule has 0 spiro atoms. The van der Waals surface area contributed by atoms with Gasteiger partial charge in [-0.1, -0.05) is 22.9 Å². The van der Waals surface area contributed by atoms with Crippen LogP contribution in [0, 0.1) is 17.0 Å². The van der Waals surface area contributed by atoms with Gasteiger partial charge in [-0.15, -0.1) is 0 Å². The van der Waals surface area contributed by atoms with Crippen molar-refractivity contribution in [2.24, 2.45) is 7.05 Å². The third-order valence-corrected chi connectivity index (χ3v) is 3.32. The molecule has 1 heterocycles. The van der Waals surface area contributed by atoms with Crippen molar-refractivity contribution < 1.29 is 4.92 Å². The predicted molar refractivity (Wildman–Crippen MR) is 61.3 cm³/mol. The lowest BCUT2D eigenvalue weighted by atomic mass is 10.1. The molecule has 0 radical (unpaired) electrons. The number of hydrogen-bond acceptors (Lipinski definition) is 3. The van der Waals surface area contributed by atoms with Gasteiger partial charge in [0.05, 0.1) is 4.92 Å². The number of halogens is 1. The summed E-state index contributed by atoms with van der Waals surface area (Å²) in [6, 6.07) is 0. The number of hydrogen-bond donors (Lipinski definition) is 0. The Kier molecular flexibility index (Phi) is 3.84. The molecular weight excluding hydrogens is 262 g/mol. The van der Waals surface area contributed by atoms with Crippen molar-refractivity contribution in [1.29, 1.82) is 0 Å². The minimum absolute atomic E-state index is 0.149. The van der Waals surface area contributed by atoms with Crippen LogP contribution in [0.2, 0.25) is 0 Å². The van der Waals surface area contributed by atoms with Crippen LogP contribution in [0.5, 0.6) is 0 Å². The summed E-state index contributed by atoms with van der Waals surface area (Å²) in [5.41, 5.74) is 1.31. The van der Waals surface area contributed by atoms with E-state index in [1.807, 2.05) is 6.92 Å². The first kappa shape index (κ1) is 12.2. The van der Waals surface area contributed by atoms with E-state index >= 15 is 0 Å². The highest BCUT2D eigenvalue weighted by Gasteiger charge is 2.24. The molecule has 1 rings (SSSR count). The Balaban J connectivity index is 3.09. The van der Waals surface area contributed by atoms with Crippen LogP contribution in [0.3, 0.4) is 0 Å². The van der Waals surface area contributed by atoms with E-state index in [0.29, 0.717) is 17.8 Å². The fourth-order valence-electron chi connectivity index (χ4n) is 1.52. The first-order valence-corrected chi connectivity index (χ1v) is 5.69. The molecule has 84 valence electrons. The van der Waals surface area contributed by atoms with Crippen LogP contribution in [0.4, 0.5) is 5.69 Å². The number of aromatic nitrogens is 2. The molecule has 1 unspecified atom stereocenters. The predicted octanol–water partition coefficient (Wildman–Crippen LogP) is 2.35. The van der Waals surface area contributed by atoms with Gasteiger partial charge in [0.15, 0.2) is 0 Å². The van der Waals surface area contributed by atoms with Crippen LogP contribution in [0.25, 0.3) is 0 Å². The lowest BCUT2D eigenvalue weighted by Crippen LogP contribution is -2.08. The zero-order valence-corrected chi connectivity index (χ0v) is 10.6. The Bertz CT molecular complexity index is 376. The van der Waals surface area contributed by atoms with Gasteiger partial charge in [0.25, 0.3) is 0 Å². The number of alkyl halides is 1. The van der Waals surface area contributed by atoms with Gasteiger partial charge in [0.2, 0.25) is 0 Å². The zero-order chi connectivity index (χ0) is 11.6. The second kappa shape index (κ2) is 4.74. The van der Waals surface area contributed by atoms with E-state index in [9.17, 15) is 10.1 Å². The minimum atomic E-state index is -0.354. The Morgan fingerprint density at radius 1 is 1.67 bits per heavy atom. The Morgan fingerprint density at radius 3 is 2.73 bits per heavy atom. The van der Waals surface area contributed by atoms with Gasteiger partial charge in [0, 0.05) is 18.3 Å². The molecule has 15 heavy (non-hydrogen) atoms. The van der Waals surface area contributed by atoms with Gasteiger partial charge in [0.1, 0.15) is 11.4 Å². The molecule has 1 atom stereocenters. The number of nitro groups is 1. The summed E-state index contributed by atoms with van der Waals surface area (Å²) in [7, 11) is 1.74. The van der Waals surface area contributed by atoms with Gasteiger partial charge < -0.3 is 0 Å². The maximum atomic E-state index is 10.9. The molecule has 0 bridgehead atoms. The third-order valence-electron chi connectivity index (χ3n) is 2.35. The summed E-state index contributed by atoms with van der Waals surface area (Å²) in [6.45, 7) is 3.70. The smallest absolute Gasteiger partial charge is 0.265 e. The van der Waals surface area contributed by atoms with Gasteiger partial charge in [-0.3, -0.25) is 14.8 Å². The van der Waals surface area contributed by atoms with Crippen molar-refractivity contribution >= 4 is 21.6 Å². The number of nitrogens with zero attached hydrogens (tertiary/aromatic N) is 3. The molecule has 0 aliphatic rings. The molecule has 0 amide bonds. The quantitative estimate of drug-likeness (QED) is 0.482. The van der Waals surface area contributed by atoms with Gasteiger partial charge in [-0.25, -0.2) is 0 Å². The summed E-state index contributed by atoms with van der Waals surface area (Å²) in [6.07, 6.45) is 1.56. The minimum Gasteiger partial charge on any atom is -0.265 e. The third kappa shape index (κ3) is 2.56. The van der Waals surface area contributed by atoms with Crippen LogP contribution >= 0.6 is 15.9 Å². The Morgan fingerprint density at radius 2 is 2.27 bits per heavy atom. The average Bonchev–Trinajstić information content (AvgIpc) is 2.41. The van der Waals surface area contributed by atoms with Crippen molar-refractivity contribution in [2.75, 3.05) is 0 Å². The van der Waals surface area contributed by atoms with E-state index in [1.165, 1.54) is 0 Å². The van der Waals surface area contributed by atoms with Crippen molar-refractivity contribution in [3.63, 3.8) is 0 Å². The van der Waals surface area contributed by atoms with E-state index in [0.717, 1.165) is 6.42 Å². The van der Waals surface area contributed by atoms with E-state index in [4.69, 9.17) is 0 Å². The second-order valence-corrected chi connectivity index (χ2v) is 4.77. The van der Waals surface area contributed by atoms with Crippen molar-refractivity contribution in [3.05, 3.63) is 21.5 Å². The van der Waals surface area contributed by atoms with Crippen LogP contribution < -0.4 is 0 Å². The van der Waals surface area contributed by atoms with Crippen LogP contribution in [0.15, 0.2) is 0 Å². The zero-order valence-electron chi connectivity index (χ0n) is 9.03. The molecule has 0 aromatic carbocycles. The van der Waals surface area contributed by atoms with Crippen molar-refractivity contribution in [2.45, 2.75) is 31.5 Å². The molecule has 0 saturated heterocycles. The number of rotatable bonds is 4. The largest absolute Gasteiger partial charge is 0.313 e. The van der Waals surface area contributed by atoms with E-state index in [1.54, 1.807) is 18.7 Å². The Labute approximate surface area is 96.7 Å². The fraction of sp³-hybridized carbons (Fsp3) is 0.667. The highest BCUT2D eigenvalue weighted by atomic mass is 79.9. The molecule has 0 N–H and O–H groups in total. The lowest BCUT2D eigenvalue weighted by molar-refractivity contribution is -0.386. The van der Waals surface area contributed by atoms with E-state index in [2.05, 4.69) is 21.0 Å². The van der Waals surface area contributed by atoms with E-state index < -0.39 is 0 Å². The molecule has 0 saturated carbocycles. The highest BCUT2D eigenvalue weighted by molar-refractivity contribution is 9.09. The van der Waals surface area contributed by atoms with Crippen molar-refractivity contribution in [3.8, 4) is 0 Å². The standard InChI is InChI=1S/C9H14BrN3O2/c1-4-7(10)5-8-9(13(14)15)6(2)11-12(8)3/h7H,4-5H2,1-3H3. The summed E-state index contributed by atoms with van der Waals surface area (Å²) in [4.78, 5) is 10.8. The molecule has 5 nitrogen and oxygen atoms in total. The molecule has 0 aliphatic carbocycles. The van der Waals surface area contributed by atoms with Crippen LogP contribution in [-0.2, 0) is 13.5 Å². The molecule has 0 fully saturated rings. The normalized spacial score (nSPS) is 12.8. The average molecular weight is 276 g/mol. The van der Waals surface area contributed by atoms with Gasteiger partial charge in [-0.2, -0.15) is 5.10 Å². The van der Waals surface area contributed by atoms with Crippen molar-refractivity contribution in [1.82, 2.24) is 9.78 Å². The van der Waals surface area contributed by atoms with Crippen LogP contribution in [0.1, 0.15) is 24.7 Å². The van der Waals surface area contributed by atoms with Crippen LogP contribution in [-0.4, -0.2) is 19.5 Å². The summed E-state index contributed by atoms with van der Waals surface area (Å²) in [5.74, 6) is 0. The van der Waals surface area contributed by atoms with Gasteiger partial charge in [-0.05, 0) is 13.3 Å². The fourth-order valence-corrected chi connectivity index (χ4v) is 1.82. The first-order chi connectivity index (χ1) is 6.97. The molecule has 1 aromatic rings. The maximum Gasteiger partial charge on any atom is 0.313 e. The number of aryl methyl sites for hydroxylation is 2. The lowest BCUT2D eigenvalue weighted by Gasteiger charge is -2.05. The maximum absolute atomic E-state index is 10.9. The topological polar surface area (TPSA) is 61.0 Å². The summed E-state index contributed by atoms with van der Waals surface area (Å²) in [5, 5.41) is 14.9. The second-order valence-electron chi connectivity index (χ2n) is 3.47. The summed E-state index contributed by atoms with van der Waals surface area (Å²) < 4.78 is 1.59. The Hall–Kier alpha value is -0.910. The SMILES string of the molecule is CCC(Br)Cc1c([N+](=O)[O-])c(C)nn1C. The highest BCUT2D eigenvalue weighted by Crippen LogP contribution is 2.25. The molecule has 1 aromatic heterocycles. The monoisotopic (exact) mass is 275 g/mol. The van der Waals surface area contributed by atoms with Gasteiger partial charge >= 0.3 is 5.69 Å². The first-order valence-electron chi connectivity index (χ1n) is 4.78.